The van der Waals surface area contributed by atoms with Crippen LogP contribution in [0.25, 0.3) is 0 Å². The van der Waals surface area contributed by atoms with Gasteiger partial charge in [-0.3, -0.25) is 0 Å². The van der Waals surface area contributed by atoms with E-state index in [4.69, 9.17) is 4.74 Å². The van der Waals surface area contributed by atoms with Crippen molar-refractivity contribution in [3.8, 4) is 5.75 Å². The van der Waals surface area contributed by atoms with Crippen LogP contribution >= 0.6 is 0 Å². The third kappa shape index (κ3) is 2.54. The van der Waals surface area contributed by atoms with Gasteiger partial charge in [0.1, 0.15) is 0 Å². The van der Waals surface area contributed by atoms with E-state index < -0.39 is 0 Å². The summed E-state index contributed by atoms with van der Waals surface area (Å²) in [6.07, 6.45) is 3.67. The Morgan fingerprint density at radius 1 is 1.41 bits per heavy atom. The first kappa shape index (κ1) is 12.2. The van der Waals surface area contributed by atoms with Crippen molar-refractivity contribution in [1.29, 1.82) is 0 Å². The first-order valence-corrected chi connectivity index (χ1v) is 6.13. The molecule has 1 fully saturated rings. The molecule has 1 unspecified atom stereocenters. The van der Waals surface area contributed by atoms with Crippen molar-refractivity contribution in [1.82, 2.24) is 0 Å². The van der Waals surface area contributed by atoms with Crippen LogP contribution in [0.3, 0.4) is 0 Å². The largest absolute Gasteiger partial charge is 0.494 e. The number of halogens is 1. The summed E-state index contributed by atoms with van der Waals surface area (Å²) in [6.45, 7) is 4.55. The molecule has 0 amide bonds. The zero-order chi connectivity index (χ0) is 12.5. The number of hydrogen-bond acceptors (Lipinski definition) is 2. The lowest BCUT2D eigenvalue weighted by molar-refractivity contribution is 0.349. The number of rotatable bonds is 3. The fourth-order valence-electron chi connectivity index (χ4n) is 2.55. The lowest BCUT2D eigenvalue weighted by Crippen LogP contribution is -2.30. The topological polar surface area (TPSA) is 21.3 Å². The van der Waals surface area contributed by atoms with E-state index in [-0.39, 0.29) is 5.82 Å². The van der Waals surface area contributed by atoms with Gasteiger partial charge in [-0.25, -0.2) is 4.39 Å². The summed E-state index contributed by atoms with van der Waals surface area (Å²) in [6, 6.07) is 5.40. The number of ether oxygens (including phenoxy) is 1. The summed E-state index contributed by atoms with van der Waals surface area (Å²) < 4.78 is 18.3. The predicted octanol–water partition coefficient (Wildman–Crippen LogP) is 3.82. The second-order valence-corrected chi connectivity index (χ2v) is 5.43. The van der Waals surface area contributed by atoms with Crippen molar-refractivity contribution in [2.75, 3.05) is 12.4 Å². The van der Waals surface area contributed by atoms with Crippen molar-refractivity contribution in [3.05, 3.63) is 24.0 Å². The first-order valence-electron chi connectivity index (χ1n) is 6.13. The minimum absolute atomic E-state index is 0.297. The van der Waals surface area contributed by atoms with Crippen molar-refractivity contribution >= 4 is 5.69 Å². The maximum atomic E-state index is 13.3. The average molecular weight is 237 g/mol. The number of methoxy groups -OCH3 is 1. The molecule has 1 aliphatic carbocycles. The zero-order valence-corrected chi connectivity index (χ0v) is 10.7. The number of benzene rings is 1. The molecule has 1 aromatic carbocycles. The summed E-state index contributed by atoms with van der Waals surface area (Å²) in [5, 5.41) is 3.49. The molecule has 2 rings (SSSR count). The molecule has 1 N–H and O–H groups in total. The van der Waals surface area contributed by atoms with Crippen molar-refractivity contribution in [3.63, 3.8) is 0 Å². The second-order valence-electron chi connectivity index (χ2n) is 5.43. The Labute approximate surface area is 102 Å². The van der Waals surface area contributed by atoms with Gasteiger partial charge in [0, 0.05) is 17.8 Å². The van der Waals surface area contributed by atoms with Gasteiger partial charge < -0.3 is 10.1 Å². The highest BCUT2D eigenvalue weighted by atomic mass is 19.1. The molecular weight excluding hydrogens is 217 g/mol. The fourth-order valence-corrected chi connectivity index (χ4v) is 2.55. The normalized spacial score (nSPS) is 22.5. The van der Waals surface area contributed by atoms with Crippen molar-refractivity contribution < 1.29 is 9.13 Å². The third-order valence-electron chi connectivity index (χ3n) is 3.75. The summed E-state index contributed by atoms with van der Waals surface area (Å²) in [5.41, 5.74) is 1.24. The van der Waals surface area contributed by atoms with E-state index in [9.17, 15) is 4.39 Å². The third-order valence-corrected chi connectivity index (χ3v) is 3.75. The molecule has 1 atom stereocenters. The van der Waals surface area contributed by atoms with Gasteiger partial charge in [-0.2, -0.15) is 0 Å². The van der Waals surface area contributed by atoms with Crippen LogP contribution in [0.15, 0.2) is 18.2 Å². The zero-order valence-electron chi connectivity index (χ0n) is 10.7. The molecule has 1 saturated carbocycles. The summed E-state index contributed by atoms with van der Waals surface area (Å²) in [5.74, 6) is -0.0189. The Hall–Kier alpha value is -1.25. The standard InChI is InChI=1S/C14H20FNO/c1-14(2)8-4-5-13(14)16-10-6-7-11(15)12(9-10)17-3/h6-7,9,13,16H,4-5,8H2,1-3H3. The average Bonchev–Trinajstić information content (AvgIpc) is 2.61. The van der Waals surface area contributed by atoms with E-state index in [1.54, 1.807) is 12.1 Å². The molecule has 2 nitrogen and oxygen atoms in total. The maximum Gasteiger partial charge on any atom is 0.165 e. The monoisotopic (exact) mass is 237 g/mol. The summed E-state index contributed by atoms with van der Waals surface area (Å²) >= 11 is 0. The fraction of sp³-hybridized carbons (Fsp3) is 0.571. The molecule has 94 valence electrons. The Morgan fingerprint density at radius 2 is 2.18 bits per heavy atom. The molecule has 0 saturated heterocycles. The van der Waals surface area contributed by atoms with Gasteiger partial charge in [-0.1, -0.05) is 20.3 Å². The molecule has 1 aliphatic rings. The molecule has 0 bridgehead atoms. The van der Waals surface area contributed by atoms with E-state index in [1.807, 2.05) is 0 Å². The smallest absolute Gasteiger partial charge is 0.165 e. The Bertz CT molecular complexity index is 403. The van der Waals surface area contributed by atoms with Crippen molar-refractivity contribution in [2.45, 2.75) is 39.2 Å². The van der Waals surface area contributed by atoms with Crippen LogP contribution in [0.2, 0.25) is 0 Å². The van der Waals surface area contributed by atoms with Crippen LogP contribution in [0, 0.1) is 11.2 Å². The summed E-state index contributed by atoms with van der Waals surface area (Å²) in [7, 11) is 1.49. The van der Waals surface area contributed by atoms with E-state index in [0.717, 1.165) is 5.69 Å². The highest BCUT2D eigenvalue weighted by Gasteiger charge is 2.34. The molecule has 1 aromatic rings. The number of anilines is 1. The van der Waals surface area contributed by atoms with Gasteiger partial charge in [-0.15, -0.1) is 0 Å². The molecule has 3 heteroatoms. The molecule has 0 spiro atoms. The minimum Gasteiger partial charge on any atom is -0.494 e. The molecule has 17 heavy (non-hydrogen) atoms. The lowest BCUT2D eigenvalue weighted by Gasteiger charge is -2.28. The van der Waals surface area contributed by atoms with Gasteiger partial charge in [0.05, 0.1) is 7.11 Å². The Balaban J connectivity index is 2.13. The van der Waals surface area contributed by atoms with Gasteiger partial charge in [0.2, 0.25) is 0 Å². The van der Waals surface area contributed by atoms with Crippen LogP contribution < -0.4 is 10.1 Å². The van der Waals surface area contributed by atoms with Crippen LogP contribution in [-0.2, 0) is 0 Å². The van der Waals surface area contributed by atoms with E-state index in [2.05, 4.69) is 19.2 Å². The summed E-state index contributed by atoms with van der Waals surface area (Å²) in [4.78, 5) is 0. The lowest BCUT2D eigenvalue weighted by atomic mass is 9.87. The van der Waals surface area contributed by atoms with Gasteiger partial charge in [0.15, 0.2) is 11.6 Å². The molecule has 0 heterocycles. The molecule has 0 aromatic heterocycles. The van der Waals surface area contributed by atoms with E-state index in [1.165, 1.54) is 32.4 Å². The first-order chi connectivity index (χ1) is 8.03. The maximum absolute atomic E-state index is 13.3. The van der Waals surface area contributed by atoms with E-state index in [0.29, 0.717) is 17.2 Å². The van der Waals surface area contributed by atoms with Gasteiger partial charge in [-0.05, 0) is 30.4 Å². The van der Waals surface area contributed by atoms with Gasteiger partial charge in [0.25, 0.3) is 0 Å². The predicted molar refractivity (Wildman–Crippen MR) is 68.0 cm³/mol. The van der Waals surface area contributed by atoms with Gasteiger partial charge >= 0.3 is 0 Å². The quantitative estimate of drug-likeness (QED) is 0.862. The van der Waals surface area contributed by atoms with Crippen LogP contribution in [0.1, 0.15) is 33.1 Å². The van der Waals surface area contributed by atoms with Crippen molar-refractivity contribution in [2.24, 2.45) is 5.41 Å². The highest BCUT2D eigenvalue weighted by Crippen LogP contribution is 2.39. The Kier molecular flexibility index (Phi) is 3.27. The van der Waals surface area contributed by atoms with Crippen LogP contribution in [0.4, 0.5) is 10.1 Å². The van der Waals surface area contributed by atoms with Crippen LogP contribution in [-0.4, -0.2) is 13.2 Å². The highest BCUT2D eigenvalue weighted by molar-refractivity contribution is 5.50. The molecule has 0 radical (unpaired) electrons. The Morgan fingerprint density at radius 3 is 2.76 bits per heavy atom. The molecule has 0 aliphatic heterocycles. The number of hydrogen-bond donors (Lipinski definition) is 1. The number of nitrogens with one attached hydrogen (secondary N) is 1. The SMILES string of the molecule is COc1cc(NC2CCCC2(C)C)ccc1F. The van der Waals surface area contributed by atoms with E-state index >= 15 is 0 Å². The second kappa shape index (κ2) is 4.55. The minimum atomic E-state index is -0.316. The molecular formula is C14H20FNO. The van der Waals surface area contributed by atoms with Crippen LogP contribution in [0.5, 0.6) is 5.75 Å².